The van der Waals surface area contributed by atoms with Gasteiger partial charge < -0.3 is 4.74 Å². The number of aromatic nitrogens is 2. The minimum absolute atomic E-state index is 0.622. The predicted molar refractivity (Wildman–Crippen MR) is 129 cm³/mol. The monoisotopic (exact) mass is 430 g/mol. The van der Waals surface area contributed by atoms with Crippen LogP contribution in [-0.4, -0.2) is 16.9 Å². The normalized spacial score (nSPS) is 11.0. The van der Waals surface area contributed by atoms with Crippen LogP contribution >= 0.6 is 11.6 Å². The predicted octanol–water partition coefficient (Wildman–Crippen LogP) is 7.16. The fourth-order valence-electron chi connectivity index (χ4n) is 3.70. The average Bonchev–Trinajstić information content (AvgIpc) is 3.08. The van der Waals surface area contributed by atoms with Crippen LogP contribution in [0.2, 0.25) is 5.02 Å². The Morgan fingerprint density at radius 2 is 1.35 bits per heavy atom. The Morgan fingerprint density at radius 1 is 0.774 bits per heavy atom. The topological polar surface area (TPSA) is 27.1 Å². The lowest BCUT2D eigenvalue weighted by atomic mass is 10.0. The van der Waals surface area contributed by atoms with E-state index in [2.05, 4.69) is 76.2 Å². The van der Waals surface area contributed by atoms with Gasteiger partial charge in [0, 0.05) is 11.1 Å². The zero-order chi connectivity index (χ0) is 22.1. The van der Waals surface area contributed by atoms with Crippen LogP contribution in [0, 0.1) is 27.7 Å². The van der Waals surface area contributed by atoms with E-state index in [1.807, 2.05) is 16.8 Å². The van der Waals surface area contributed by atoms with E-state index in [1.165, 1.54) is 22.3 Å². The zero-order valence-electron chi connectivity index (χ0n) is 18.7. The molecule has 0 spiro atoms. The van der Waals surface area contributed by atoms with Gasteiger partial charge in [-0.25, -0.2) is 0 Å². The van der Waals surface area contributed by atoms with E-state index in [1.54, 1.807) is 7.11 Å². The number of aryl methyl sites for hydroxylation is 4. The van der Waals surface area contributed by atoms with Gasteiger partial charge in [0.2, 0.25) is 0 Å². The van der Waals surface area contributed by atoms with Crippen molar-refractivity contribution in [1.82, 2.24) is 9.78 Å². The quantitative estimate of drug-likeness (QED) is 0.335. The Labute approximate surface area is 189 Å². The van der Waals surface area contributed by atoms with Crippen molar-refractivity contribution in [2.75, 3.05) is 7.11 Å². The van der Waals surface area contributed by atoms with Crippen molar-refractivity contribution in [2.24, 2.45) is 0 Å². The fourth-order valence-corrected chi connectivity index (χ4v) is 4.05. The minimum Gasteiger partial charge on any atom is -0.497 e. The Morgan fingerprint density at radius 3 is 1.94 bits per heavy atom. The molecule has 0 aliphatic rings. The first-order valence-electron chi connectivity index (χ1n) is 10.4. The SMILES string of the molecule is COc1ccc(Cn2nc(-c3ccc(C)c(C)c3)c(Cl)c2-c2ccc(C)c(C)c2)cc1. The van der Waals surface area contributed by atoms with Crippen LogP contribution in [0.25, 0.3) is 22.5 Å². The molecule has 0 aliphatic carbocycles. The molecule has 0 saturated heterocycles. The molecular formula is C27H27ClN2O. The molecule has 31 heavy (non-hydrogen) atoms. The standard InChI is InChI=1S/C27H27ClN2O/c1-17-6-10-22(14-19(17)3)26-25(28)27(23-11-7-18(2)20(4)15-23)30(29-26)16-21-8-12-24(31-5)13-9-21/h6-15H,16H2,1-5H3. The smallest absolute Gasteiger partial charge is 0.118 e. The van der Waals surface area contributed by atoms with E-state index in [9.17, 15) is 0 Å². The molecule has 3 aromatic carbocycles. The van der Waals surface area contributed by atoms with Crippen molar-refractivity contribution in [1.29, 1.82) is 0 Å². The molecule has 158 valence electrons. The molecule has 0 bridgehead atoms. The first-order chi connectivity index (χ1) is 14.9. The van der Waals surface area contributed by atoms with Crippen molar-refractivity contribution < 1.29 is 4.74 Å². The van der Waals surface area contributed by atoms with Crippen LogP contribution in [0.4, 0.5) is 0 Å². The van der Waals surface area contributed by atoms with Gasteiger partial charge in [0.1, 0.15) is 11.4 Å². The van der Waals surface area contributed by atoms with E-state index in [-0.39, 0.29) is 0 Å². The second-order valence-electron chi connectivity index (χ2n) is 8.11. The molecule has 0 radical (unpaired) electrons. The molecular weight excluding hydrogens is 404 g/mol. The second-order valence-corrected chi connectivity index (χ2v) is 8.49. The maximum Gasteiger partial charge on any atom is 0.118 e. The molecule has 1 heterocycles. The summed E-state index contributed by atoms with van der Waals surface area (Å²) in [5.41, 5.74) is 9.97. The number of ether oxygens (including phenoxy) is 1. The van der Waals surface area contributed by atoms with E-state index < -0.39 is 0 Å². The molecule has 4 aromatic rings. The van der Waals surface area contributed by atoms with Crippen LogP contribution in [0.3, 0.4) is 0 Å². The molecule has 4 rings (SSSR count). The van der Waals surface area contributed by atoms with Crippen molar-refractivity contribution in [3.05, 3.63) is 93.5 Å². The molecule has 0 amide bonds. The van der Waals surface area contributed by atoms with Crippen molar-refractivity contribution in [3.8, 4) is 28.3 Å². The summed E-state index contributed by atoms with van der Waals surface area (Å²) in [5.74, 6) is 0.840. The number of benzene rings is 3. The highest BCUT2D eigenvalue weighted by Crippen LogP contribution is 2.38. The number of rotatable bonds is 5. The zero-order valence-corrected chi connectivity index (χ0v) is 19.4. The van der Waals surface area contributed by atoms with E-state index in [4.69, 9.17) is 21.4 Å². The molecule has 4 heteroatoms. The lowest BCUT2D eigenvalue weighted by molar-refractivity contribution is 0.414. The first-order valence-corrected chi connectivity index (χ1v) is 10.8. The third-order valence-electron chi connectivity index (χ3n) is 5.95. The van der Waals surface area contributed by atoms with Crippen molar-refractivity contribution >= 4 is 11.6 Å². The highest BCUT2D eigenvalue weighted by molar-refractivity contribution is 6.35. The largest absolute Gasteiger partial charge is 0.497 e. The number of halogens is 1. The van der Waals surface area contributed by atoms with E-state index >= 15 is 0 Å². The van der Waals surface area contributed by atoms with Gasteiger partial charge >= 0.3 is 0 Å². The summed E-state index contributed by atoms with van der Waals surface area (Å²) in [6, 6.07) is 20.9. The van der Waals surface area contributed by atoms with Crippen LogP contribution in [0.15, 0.2) is 60.7 Å². The number of hydrogen-bond acceptors (Lipinski definition) is 2. The summed E-state index contributed by atoms with van der Waals surface area (Å²) < 4.78 is 7.31. The lowest BCUT2D eigenvalue weighted by Gasteiger charge is -2.10. The number of nitrogens with zero attached hydrogens (tertiary/aromatic N) is 2. The molecule has 0 atom stereocenters. The van der Waals surface area contributed by atoms with Gasteiger partial charge in [-0.15, -0.1) is 0 Å². The summed E-state index contributed by atoms with van der Waals surface area (Å²) >= 11 is 6.99. The van der Waals surface area contributed by atoms with Gasteiger partial charge in [-0.3, -0.25) is 4.68 Å². The highest BCUT2D eigenvalue weighted by Gasteiger charge is 2.20. The Balaban J connectivity index is 1.86. The van der Waals surface area contributed by atoms with Crippen molar-refractivity contribution in [2.45, 2.75) is 34.2 Å². The second kappa shape index (κ2) is 8.60. The van der Waals surface area contributed by atoms with Crippen LogP contribution < -0.4 is 4.74 Å². The number of methoxy groups -OCH3 is 1. The van der Waals surface area contributed by atoms with Crippen LogP contribution in [0.5, 0.6) is 5.75 Å². The van der Waals surface area contributed by atoms with Crippen LogP contribution in [0.1, 0.15) is 27.8 Å². The average molecular weight is 431 g/mol. The van der Waals surface area contributed by atoms with E-state index in [0.717, 1.165) is 33.8 Å². The van der Waals surface area contributed by atoms with Gasteiger partial charge in [-0.1, -0.05) is 48.0 Å². The van der Waals surface area contributed by atoms with Gasteiger partial charge in [0.15, 0.2) is 0 Å². The maximum atomic E-state index is 6.99. The molecule has 3 nitrogen and oxygen atoms in total. The first kappa shape index (κ1) is 21.2. The molecule has 1 aromatic heterocycles. The Bertz CT molecular complexity index is 1240. The molecule has 0 N–H and O–H groups in total. The summed E-state index contributed by atoms with van der Waals surface area (Å²) in [4.78, 5) is 0. The fraction of sp³-hybridized carbons (Fsp3) is 0.222. The number of hydrogen-bond donors (Lipinski definition) is 0. The van der Waals surface area contributed by atoms with Gasteiger partial charge in [-0.2, -0.15) is 5.10 Å². The summed E-state index contributed by atoms with van der Waals surface area (Å²) in [6.45, 7) is 9.10. The molecule has 0 fully saturated rings. The minimum atomic E-state index is 0.622. The third-order valence-corrected chi connectivity index (χ3v) is 6.30. The molecule has 0 saturated carbocycles. The molecule has 0 aliphatic heterocycles. The molecule has 0 unspecified atom stereocenters. The summed E-state index contributed by atoms with van der Waals surface area (Å²) in [7, 11) is 1.68. The third kappa shape index (κ3) is 4.24. The highest BCUT2D eigenvalue weighted by atomic mass is 35.5. The van der Waals surface area contributed by atoms with Gasteiger partial charge in [0.25, 0.3) is 0 Å². The van der Waals surface area contributed by atoms with Gasteiger partial charge in [0.05, 0.1) is 24.4 Å². The summed E-state index contributed by atoms with van der Waals surface area (Å²) in [6.07, 6.45) is 0. The Kier molecular flexibility index (Phi) is 5.88. The van der Waals surface area contributed by atoms with E-state index in [0.29, 0.717) is 11.6 Å². The lowest BCUT2D eigenvalue weighted by Crippen LogP contribution is -2.04. The van der Waals surface area contributed by atoms with Crippen molar-refractivity contribution in [3.63, 3.8) is 0 Å². The Hall–Kier alpha value is -3.04. The summed E-state index contributed by atoms with van der Waals surface area (Å²) in [5, 5.41) is 5.65. The van der Waals surface area contributed by atoms with Crippen LogP contribution in [-0.2, 0) is 6.54 Å². The van der Waals surface area contributed by atoms with Gasteiger partial charge in [-0.05, 0) is 79.8 Å². The maximum absolute atomic E-state index is 6.99.